The molecule has 1 heterocycles. The molecule has 1 aromatic heterocycles. The molecule has 27 heavy (non-hydrogen) atoms. The van der Waals surface area contributed by atoms with Gasteiger partial charge in [-0.2, -0.15) is 0 Å². The highest BCUT2D eigenvalue weighted by molar-refractivity contribution is 14.0. The van der Waals surface area contributed by atoms with Crippen molar-refractivity contribution in [3.05, 3.63) is 53.7 Å². The van der Waals surface area contributed by atoms with Crippen molar-refractivity contribution in [3.8, 4) is 5.75 Å². The number of hydrogen-bond acceptors (Lipinski definition) is 4. The molecule has 2 rings (SSSR count). The van der Waals surface area contributed by atoms with Crippen LogP contribution >= 0.6 is 24.0 Å². The summed E-state index contributed by atoms with van der Waals surface area (Å²) in [5.41, 5.74) is 7.32. The fourth-order valence-electron chi connectivity index (χ4n) is 2.02. The molecule has 1 aromatic carbocycles. The largest absolute Gasteiger partial charge is 0.573 e. The molecule has 0 saturated carbocycles. The molecule has 10 heteroatoms. The molecule has 0 bridgehead atoms. The lowest BCUT2D eigenvalue weighted by Crippen LogP contribution is -2.31. The van der Waals surface area contributed by atoms with Gasteiger partial charge in [0.1, 0.15) is 11.6 Å². The van der Waals surface area contributed by atoms with Gasteiger partial charge in [-0.25, -0.2) is 9.98 Å². The highest BCUT2D eigenvalue weighted by Gasteiger charge is 2.30. The molecule has 3 N–H and O–H groups in total. The summed E-state index contributed by atoms with van der Waals surface area (Å²) in [7, 11) is 3.81. The van der Waals surface area contributed by atoms with Crippen molar-refractivity contribution in [1.82, 2.24) is 10.3 Å². The molecule has 0 saturated heterocycles. The Bertz CT molecular complexity index is 751. The van der Waals surface area contributed by atoms with Crippen LogP contribution in [0.15, 0.2) is 47.5 Å². The minimum atomic E-state index is -4.70. The number of hydrogen-bond donors (Lipinski definition) is 2. The van der Waals surface area contributed by atoms with Crippen molar-refractivity contribution < 1.29 is 17.9 Å². The van der Waals surface area contributed by atoms with Gasteiger partial charge in [0.15, 0.2) is 5.96 Å². The van der Waals surface area contributed by atoms with E-state index in [-0.39, 0.29) is 42.2 Å². The van der Waals surface area contributed by atoms with Crippen molar-refractivity contribution in [2.24, 2.45) is 10.7 Å². The SMILES string of the molecule is CN(C)c1cccc(CNC(N)=NCc2ccc(OC(F)(F)F)cc2)n1.I. The summed E-state index contributed by atoms with van der Waals surface area (Å²) >= 11 is 0. The lowest BCUT2D eigenvalue weighted by atomic mass is 10.2. The molecule has 0 spiro atoms. The fourth-order valence-corrected chi connectivity index (χ4v) is 2.02. The number of ether oxygens (including phenoxy) is 1. The molecule has 0 atom stereocenters. The average molecular weight is 495 g/mol. The number of halogens is 4. The van der Waals surface area contributed by atoms with E-state index in [1.54, 1.807) is 0 Å². The Morgan fingerprint density at radius 1 is 1.19 bits per heavy atom. The molecule has 0 aliphatic heterocycles. The van der Waals surface area contributed by atoms with Crippen LogP contribution in [0.1, 0.15) is 11.3 Å². The van der Waals surface area contributed by atoms with E-state index in [2.05, 4.69) is 20.0 Å². The number of benzene rings is 1. The third kappa shape index (κ3) is 8.33. The summed E-state index contributed by atoms with van der Waals surface area (Å²) in [6.07, 6.45) is -4.70. The highest BCUT2D eigenvalue weighted by Crippen LogP contribution is 2.22. The first-order valence-corrected chi connectivity index (χ1v) is 7.74. The summed E-state index contributed by atoms with van der Waals surface area (Å²) in [6, 6.07) is 11.1. The van der Waals surface area contributed by atoms with Gasteiger partial charge in [0.25, 0.3) is 0 Å². The maximum atomic E-state index is 12.1. The molecule has 148 valence electrons. The van der Waals surface area contributed by atoms with Crippen LogP contribution in [0, 0.1) is 0 Å². The number of pyridine rings is 1. The first-order valence-electron chi connectivity index (χ1n) is 7.74. The van der Waals surface area contributed by atoms with Crippen LogP contribution in [0.4, 0.5) is 19.0 Å². The second-order valence-corrected chi connectivity index (χ2v) is 5.63. The van der Waals surface area contributed by atoms with E-state index in [1.807, 2.05) is 37.2 Å². The predicted octanol–water partition coefficient (Wildman–Crippen LogP) is 3.27. The second kappa shape index (κ2) is 10.2. The van der Waals surface area contributed by atoms with E-state index in [1.165, 1.54) is 24.3 Å². The number of rotatable bonds is 6. The molecule has 2 aromatic rings. The van der Waals surface area contributed by atoms with Crippen molar-refractivity contribution in [1.29, 1.82) is 0 Å². The van der Waals surface area contributed by atoms with Crippen molar-refractivity contribution >= 4 is 35.8 Å². The minimum Gasteiger partial charge on any atom is -0.406 e. The number of nitrogens with one attached hydrogen (secondary N) is 1. The zero-order valence-electron chi connectivity index (χ0n) is 14.8. The topological polar surface area (TPSA) is 75.8 Å². The molecule has 0 radical (unpaired) electrons. The fraction of sp³-hybridized carbons (Fsp3) is 0.294. The Kier molecular flexibility index (Phi) is 8.60. The van der Waals surface area contributed by atoms with Gasteiger partial charge >= 0.3 is 6.36 Å². The van der Waals surface area contributed by atoms with E-state index in [0.717, 1.165) is 11.5 Å². The molecule has 0 aliphatic carbocycles. The van der Waals surface area contributed by atoms with Crippen molar-refractivity contribution in [2.45, 2.75) is 19.5 Å². The number of nitrogens with zero attached hydrogens (tertiary/aromatic N) is 3. The number of anilines is 1. The molecule has 6 nitrogen and oxygen atoms in total. The van der Waals surface area contributed by atoms with Crippen molar-refractivity contribution in [3.63, 3.8) is 0 Å². The van der Waals surface area contributed by atoms with Crippen LogP contribution in [0.3, 0.4) is 0 Å². The Labute approximate surface area is 172 Å². The molecule has 0 fully saturated rings. The predicted molar refractivity (Wildman–Crippen MR) is 109 cm³/mol. The molecule has 0 aliphatic rings. The Morgan fingerprint density at radius 2 is 1.85 bits per heavy atom. The van der Waals surface area contributed by atoms with Crippen LogP contribution in [0.2, 0.25) is 0 Å². The zero-order valence-corrected chi connectivity index (χ0v) is 17.2. The Morgan fingerprint density at radius 3 is 2.44 bits per heavy atom. The van der Waals surface area contributed by atoms with Gasteiger partial charge in [-0.1, -0.05) is 18.2 Å². The summed E-state index contributed by atoms with van der Waals surface area (Å²) in [5, 5.41) is 2.95. The number of aromatic nitrogens is 1. The summed E-state index contributed by atoms with van der Waals surface area (Å²) in [4.78, 5) is 10.5. The summed E-state index contributed by atoms with van der Waals surface area (Å²) in [5.74, 6) is 0.779. The van der Waals surface area contributed by atoms with Gasteiger partial charge in [-0.05, 0) is 29.8 Å². The number of alkyl halides is 3. The normalized spacial score (nSPS) is 11.5. The third-order valence-corrected chi connectivity index (χ3v) is 3.29. The maximum Gasteiger partial charge on any atom is 0.573 e. The van der Waals surface area contributed by atoms with E-state index >= 15 is 0 Å². The molecular formula is C17H21F3IN5O. The highest BCUT2D eigenvalue weighted by atomic mass is 127. The van der Waals surface area contributed by atoms with E-state index in [9.17, 15) is 13.2 Å². The molecular weight excluding hydrogens is 474 g/mol. The van der Waals surface area contributed by atoms with Crippen LogP contribution in [0.5, 0.6) is 5.75 Å². The summed E-state index contributed by atoms with van der Waals surface area (Å²) in [6.45, 7) is 0.645. The Hall–Kier alpha value is -2.24. The van der Waals surface area contributed by atoms with E-state index in [4.69, 9.17) is 5.73 Å². The van der Waals surface area contributed by atoms with Gasteiger partial charge in [-0.15, -0.1) is 37.1 Å². The summed E-state index contributed by atoms with van der Waals surface area (Å²) < 4.78 is 40.2. The van der Waals surface area contributed by atoms with E-state index < -0.39 is 6.36 Å². The number of aliphatic imine (C=N–C) groups is 1. The maximum absolute atomic E-state index is 12.1. The van der Waals surface area contributed by atoms with Gasteiger partial charge < -0.3 is 20.7 Å². The second-order valence-electron chi connectivity index (χ2n) is 5.63. The van der Waals surface area contributed by atoms with Crippen LogP contribution in [-0.2, 0) is 13.1 Å². The smallest absolute Gasteiger partial charge is 0.406 e. The van der Waals surface area contributed by atoms with Crippen LogP contribution in [0.25, 0.3) is 0 Å². The van der Waals surface area contributed by atoms with Gasteiger partial charge in [0.05, 0.1) is 18.8 Å². The third-order valence-electron chi connectivity index (χ3n) is 3.29. The van der Waals surface area contributed by atoms with Crippen LogP contribution < -0.4 is 20.7 Å². The molecule has 0 unspecified atom stereocenters. The van der Waals surface area contributed by atoms with Gasteiger partial charge in [0.2, 0.25) is 0 Å². The lowest BCUT2D eigenvalue weighted by Gasteiger charge is -2.12. The van der Waals surface area contributed by atoms with Gasteiger partial charge in [0, 0.05) is 14.1 Å². The minimum absolute atomic E-state index is 0. The van der Waals surface area contributed by atoms with Crippen LogP contribution in [-0.4, -0.2) is 31.4 Å². The Balaban J connectivity index is 0.00000364. The monoisotopic (exact) mass is 495 g/mol. The first kappa shape index (κ1) is 22.8. The number of nitrogens with two attached hydrogens (primary N) is 1. The van der Waals surface area contributed by atoms with Gasteiger partial charge in [-0.3, -0.25) is 0 Å². The number of guanidine groups is 1. The average Bonchev–Trinajstić information content (AvgIpc) is 2.58. The lowest BCUT2D eigenvalue weighted by molar-refractivity contribution is -0.274. The van der Waals surface area contributed by atoms with E-state index in [0.29, 0.717) is 12.1 Å². The molecule has 0 amide bonds. The quantitative estimate of drug-likeness (QED) is 0.366. The first-order chi connectivity index (χ1) is 12.2. The zero-order chi connectivity index (χ0) is 19.2. The van der Waals surface area contributed by atoms with Crippen molar-refractivity contribution in [2.75, 3.05) is 19.0 Å². The standard InChI is InChI=1S/C17H20F3N5O.HI/c1-25(2)15-5-3-4-13(24-15)11-23-16(21)22-10-12-6-8-14(9-7-12)26-17(18,19)20;/h3-9H,10-11H2,1-2H3,(H3,21,22,23);1H.